The highest BCUT2D eigenvalue weighted by molar-refractivity contribution is 5.99. The zero-order chi connectivity index (χ0) is 49.5. The largest absolute Gasteiger partial charge is 0.481 e. The highest BCUT2D eigenvalue weighted by atomic mass is 19.1. The van der Waals surface area contributed by atoms with Crippen molar-refractivity contribution in [2.45, 2.75) is 90.6 Å². The molecule has 21 nitrogen and oxygen atoms in total. The van der Waals surface area contributed by atoms with Gasteiger partial charge in [0.25, 0.3) is 0 Å². The Hall–Kier alpha value is -7.10. The molecule has 1 fully saturated rings. The van der Waals surface area contributed by atoms with Crippen molar-refractivity contribution in [3.63, 3.8) is 0 Å². The lowest BCUT2D eigenvalue weighted by atomic mass is 10.0. The number of benzene rings is 2. The number of fused-ring (bicyclic) bond motifs is 1. The van der Waals surface area contributed by atoms with Gasteiger partial charge in [-0.05, 0) is 68.5 Å². The fraction of sp³-hybridized carbons (Fsp3) is 0.489. The lowest BCUT2D eigenvalue weighted by molar-refractivity contribution is -0.138. The van der Waals surface area contributed by atoms with E-state index in [1.165, 1.54) is 22.1 Å². The number of nitrogens with one attached hydrogen (secondary N) is 4. The van der Waals surface area contributed by atoms with Crippen molar-refractivity contribution in [3.8, 4) is 0 Å². The molecule has 1 saturated heterocycles. The summed E-state index contributed by atoms with van der Waals surface area (Å²) in [7, 11) is 3.16. The number of ether oxygens (including phenoxy) is 1. The van der Waals surface area contributed by atoms with Gasteiger partial charge in [0, 0.05) is 83.4 Å². The smallest absolute Gasteiger partial charge is 0.410 e. The first-order valence-electron chi connectivity index (χ1n) is 21.9. The van der Waals surface area contributed by atoms with Crippen LogP contribution < -0.4 is 37.3 Å². The minimum atomic E-state index is -1.40. The summed E-state index contributed by atoms with van der Waals surface area (Å²) < 4.78 is 22.4. The maximum absolute atomic E-state index is 15.3. The topological polar surface area (TPSA) is 292 Å². The molecule has 0 bridgehead atoms. The molecule has 2 heterocycles. The lowest BCUT2D eigenvalue weighted by Crippen LogP contribution is -2.58. The summed E-state index contributed by atoms with van der Waals surface area (Å²) in [4.78, 5) is 118. The number of hydrogen-bond donors (Lipinski definition) is 7. The molecular formula is C45H60FN9O12. The highest BCUT2D eigenvalue weighted by Crippen LogP contribution is 2.27. The maximum Gasteiger partial charge on any atom is 0.410 e. The average Bonchev–Trinajstić information content (AvgIpc) is 3.28. The van der Waals surface area contributed by atoms with Crippen LogP contribution in [0.15, 0.2) is 47.4 Å². The number of carbonyl (C=O) groups is 8. The highest BCUT2D eigenvalue weighted by Gasteiger charge is 2.32. The molecule has 2 aromatic carbocycles. The van der Waals surface area contributed by atoms with Crippen LogP contribution in [-0.4, -0.2) is 137 Å². The van der Waals surface area contributed by atoms with Gasteiger partial charge >= 0.3 is 18.0 Å². The summed E-state index contributed by atoms with van der Waals surface area (Å²) in [6, 6.07) is 5.33. The molecule has 3 atom stereocenters. The number of piperazine rings is 1. The van der Waals surface area contributed by atoms with E-state index in [0.717, 1.165) is 6.07 Å². The summed E-state index contributed by atoms with van der Waals surface area (Å²) in [5.74, 6) is -6.70. The van der Waals surface area contributed by atoms with Crippen LogP contribution in [0.1, 0.15) is 75.2 Å². The van der Waals surface area contributed by atoms with E-state index >= 15 is 4.39 Å². The first-order chi connectivity index (χ1) is 31.7. The van der Waals surface area contributed by atoms with Crippen molar-refractivity contribution in [1.82, 2.24) is 30.3 Å². The Labute approximate surface area is 386 Å². The van der Waals surface area contributed by atoms with Gasteiger partial charge in [0.05, 0.1) is 11.2 Å². The van der Waals surface area contributed by atoms with Gasteiger partial charge in [0.15, 0.2) is 0 Å². The van der Waals surface area contributed by atoms with Crippen LogP contribution in [0.3, 0.4) is 0 Å². The predicted octanol–water partition coefficient (Wildman–Crippen LogP) is 1.84. The fourth-order valence-electron chi connectivity index (χ4n) is 7.25. The van der Waals surface area contributed by atoms with E-state index in [0.29, 0.717) is 23.3 Å². The molecule has 1 aliphatic rings. The number of halogens is 1. The van der Waals surface area contributed by atoms with E-state index in [-0.39, 0.29) is 88.4 Å². The molecule has 67 heavy (non-hydrogen) atoms. The number of aliphatic carboxylic acids is 1. The quantitative estimate of drug-likeness (QED) is 0.0757. The molecule has 0 spiro atoms. The number of aryl methyl sites for hydroxylation is 1. The Bertz CT molecular complexity index is 2370. The summed E-state index contributed by atoms with van der Waals surface area (Å²) in [6.07, 6.45) is 0.158. The standard InChI is InChI=1S/C45H60FN9O12/c1-6-53-24-30(44(64)65)40(60)29-22-31(46)35(23-34(29)53)54-18-20-55(21-19-54)45(66)67-25-27-10-12-28(13-11-27)48-41(61)33(16-17-47)50-43(63)39(26(2)3)51-42(62)32(14-15-38(58)59)49-36(56)8-7-9-37(57)52(4)5/h10-13,22-24,26,32-33,39H,6-9,14-21,25,47H2,1-5H3,(H,48,61)(H,49,56)(H,50,63)(H,51,62)(H,58,59)(H,64,65)/t32-,33-,39-/m0/s1. The average molecular weight is 938 g/mol. The number of hydrogen-bond acceptors (Lipinski definition) is 12. The second-order valence-corrected chi connectivity index (χ2v) is 16.6. The Morgan fingerprint density at radius 1 is 0.851 bits per heavy atom. The molecule has 6 amide bonds. The monoisotopic (exact) mass is 937 g/mol. The molecule has 0 aliphatic carbocycles. The van der Waals surface area contributed by atoms with Crippen molar-refractivity contribution in [2.24, 2.45) is 11.7 Å². The number of nitrogens with zero attached hydrogens (tertiary/aromatic N) is 4. The number of aromatic carboxylic acids is 1. The molecule has 0 unspecified atom stereocenters. The predicted molar refractivity (Wildman–Crippen MR) is 244 cm³/mol. The number of rotatable bonds is 22. The van der Waals surface area contributed by atoms with Gasteiger partial charge in [0.2, 0.25) is 35.0 Å². The van der Waals surface area contributed by atoms with Crippen molar-refractivity contribution in [1.29, 1.82) is 0 Å². The molecule has 1 aromatic heterocycles. The number of aromatic nitrogens is 1. The molecule has 4 rings (SSSR count). The minimum absolute atomic E-state index is 0.0132. The number of pyridine rings is 1. The molecular weight excluding hydrogens is 878 g/mol. The first-order valence-corrected chi connectivity index (χ1v) is 21.9. The van der Waals surface area contributed by atoms with E-state index in [4.69, 9.17) is 10.5 Å². The van der Waals surface area contributed by atoms with Crippen LogP contribution in [0.4, 0.5) is 20.6 Å². The molecule has 22 heteroatoms. The third-order valence-corrected chi connectivity index (χ3v) is 11.1. The number of nitrogens with two attached hydrogens (primary N) is 1. The van der Waals surface area contributed by atoms with Crippen LogP contribution >= 0.6 is 0 Å². The number of carboxylic acid groups (broad SMARTS) is 2. The van der Waals surface area contributed by atoms with Crippen molar-refractivity contribution in [2.75, 3.05) is 57.0 Å². The second kappa shape index (κ2) is 24.4. The van der Waals surface area contributed by atoms with E-state index in [9.17, 15) is 53.4 Å². The number of amides is 6. The van der Waals surface area contributed by atoms with Gasteiger partial charge in [0.1, 0.15) is 36.1 Å². The van der Waals surface area contributed by atoms with Gasteiger partial charge in [-0.25, -0.2) is 14.0 Å². The zero-order valence-electron chi connectivity index (χ0n) is 38.3. The van der Waals surface area contributed by atoms with Gasteiger partial charge < -0.3 is 61.2 Å². The second-order valence-electron chi connectivity index (χ2n) is 16.6. The normalized spacial score (nSPS) is 13.9. The summed E-state index contributed by atoms with van der Waals surface area (Å²) in [5, 5.41) is 29.1. The minimum Gasteiger partial charge on any atom is -0.481 e. The van der Waals surface area contributed by atoms with E-state index in [2.05, 4.69) is 21.3 Å². The number of carbonyl (C=O) groups excluding carboxylic acids is 6. The molecule has 0 radical (unpaired) electrons. The fourth-order valence-corrected chi connectivity index (χ4v) is 7.25. The zero-order valence-corrected chi connectivity index (χ0v) is 38.3. The lowest BCUT2D eigenvalue weighted by Gasteiger charge is -2.35. The molecule has 0 saturated carbocycles. The third kappa shape index (κ3) is 14.7. The Morgan fingerprint density at radius 2 is 1.51 bits per heavy atom. The molecule has 3 aromatic rings. The Morgan fingerprint density at radius 3 is 2.09 bits per heavy atom. The van der Waals surface area contributed by atoms with E-state index < -0.39 is 88.9 Å². The van der Waals surface area contributed by atoms with E-state index in [1.807, 2.05) is 0 Å². The number of anilines is 2. The Balaban J connectivity index is 1.30. The van der Waals surface area contributed by atoms with Gasteiger partial charge in [-0.15, -0.1) is 0 Å². The van der Waals surface area contributed by atoms with Gasteiger partial charge in [-0.3, -0.25) is 33.6 Å². The third-order valence-electron chi connectivity index (χ3n) is 11.1. The van der Waals surface area contributed by atoms with Crippen LogP contribution in [0.5, 0.6) is 0 Å². The van der Waals surface area contributed by atoms with Crippen molar-refractivity contribution < 1.29 is 57.7 Å². The molecule has 8 N–H and O–H groups in total. The van der Waals surface area contributed by atoms with Crippen LogP contribution in [-0.2, 0) is 46.7 Å². The van der Waals surface area contributed by atoms with Crippen LogP contribution in [0, 0.1) is 11.7 Å². The summed E-state index contributed by atoms with van der Waals surface area (Å²) in [5.41, 5.74) is 6.10. The van der Waals surface area contributed by atoms with Crippen molar-refractivity contribution >= 4 is 69.8 Å². The maximum atomic E-state index is 15.3. The molecule has 364 valence electrons. The first kappa shape index (κ1) is 52.5. The van der Waals surface area contributed by atoms with Gasteiger partial charge in [-0.2, -0.15) is 0 Å². The van der Waals surface area contributed by atoms with Crippen molar-refractivity contribution in [3.05, 3.63) is 69.8 Å². The van der Waals surface area contributed by atoms with Crippen LogP contribution in [0.2, 0.25) is 0 Å². The molecule has 1 aliphatic heterocycles. The Kier molecular flexibility index (Phi) is 19.2. The van der Waals surface area contributed by atoms with Gasteiger partial charge in [-0.1, -0.05) is 26.0 Å². The number of carboxylic acids is 2. The van der Waals surface area contributed by atoms with Crippen LogP contribution in [0.25, 0.3) is 10.9 Å². The SMILES string of the molecule is CCn1cc(C(=O)O)c(=O)c2cc(F)c(N3CCN(C(=O)OCc4ccc(NC(=O)[C@H](CCN)NC(=O)[C@@H](NC(=O)[C@H](CCC(=O)O)NC(=O)CCCC(=O)N(C)C)C(C)C)cc4)CC3)cc21. The summed E-state index contributed by atoms with van der Waals surface area (Å²) in [6.45, 7) is 6.26. The van der Waals surface area contributed by atoms with E-state index in [1.54, 1.807) is 68.6 Å². The summed E-state index contributed by atoms with van der Waals surface area (Å²) >= 11 is 0.